The fourth-order valence-electron chi connectivity index (χ4n) is 3.46. The minimum atomic E-state index is -0.167. The van der Waals surface area contributed by atoms with Gasteiger partial charge in [0.25, 0.3) is 0 Å². The quantitative estimate of drug-likeness (QED) is 0.250. The van der Waals surface area contributed by atoms with Gasteiger partial charge in [-0.25, -0.2) is 0 Å². The van der Waals surface area contributed by atoms with E-state index in [1.807, 2.05) is 0 Å². The molecule has 0 unspecified atom stereocenters. The molecule has 3 heteroatoms. The van der Waals surface area contributed by atoms with Crippen LogP contribution in [0, 0.1) is 0 Å². The summed E-state index contributed by atoms with van der Waals surface area (Å²) in [6.07, 6.45) is 22.9. The van der Waals surface area contributed by atoms with Crippen molar-refractivity contribution in [3.05, 3.63) is 0 Å². The summed E-state index contributed by atoms with van der Waals surface area (Å²) in [5, 5.41) is 8.06. The van der Waals surface area contributed by atoms with E-state index in [0.29, 0.717) is 0 Å². The second-order valence-corrected chi connectivity index (χ2v) is 9.43. The fraction of sp³-hybridized carbons (Fsp3) is 1.00. The van der Waals surface area contributed by atoms with Gasteiger partial charge < -0.3 is 22.0 Å². The maximum Gasteiger partial charge on any atom is 0.0782 e. The van der Waals surface area contributed by atoms with Crippen molar-refractivity contribution >= 4 is 0 Å². The van der Waals surface area contributed by atoms with Gasteiger partial charge in [-0.05, 0) is 39.5 Å². The first-order valence-electron chi connectivity index (χ1n) is 12.4. The van der Waals surface area contributed by atoms with Crippen LogP contribution in [0.15, 0.2) is 0 Å². The summed E-state index contributed by atoms with van der Waals surface area (Å²) in [6.45, 7) is 10.8. The highest BCUT2D eigenvalue weighted by molar-refractivity contribution is 4.48. The van der Waals surface area contributed by atoms with E-state index in [1.165, 1.54) is 120 Å². The van der Waals surface area contributed by atoms with Crippen LogP contribution in [0.3, 0.4) is 0 Å². The SMILES string of the molecule is CC(C)O.CCCCCCCCCC[N+](C)(C)CCCCCCCCCC.[Cl-]. The van der Waals surface area contributed by atoms with E-state index in [-0.39, 0.29) is 18.5 Å². The highest BCUT2D eigenvalue weighted by Crippen LogP contribution is 2.13. The molecule has 0 saturated carbocycles. The van der Waals surface area contributed by atoms with Gasteiger partial charge in [0.05, 0.1) is 27.2 Å². The van der Waals surface area contributed by atoms with Crippen LogP contribution in [0.5, 0.6) is 0 Å². The Morgan fingerprint density at radius 1 is 0.536 bits per heavy atom. The van der Waals surface area contributed by atoms with E-state index in [9.17, 15) is 0 Å². The fourth-order valence-corrected chi connectivity index (χ4v) is 3.46. The minimum Gasteiger partial charge on any atom is -1.00 e. The Hall–Kier alpha value is 0.210. The zero-order valence-corrected chi connectivity index (χ0v) is 21.3. The van der Waals surface area contributed by atoms with E-state index in [4.69, 9.17) is 5.11 Å². The molecule has 0 aliphatic rings. The molecule has 0 aromatic rings. The van der Waals surface area contributed by atoms with Gasteiger partial charge in [0.2, 0.25) is 0 Å². The first-order chi connectivity index (χ1) is 12.9. The smallest absolute Gasteiger partial charge is 0.0782 e. The molecule has 0 aliphatic heterocycles. The second kappa shape index (κ2) is 25.2. The van der Waals surface area contributed by atoms with Gasteiger partial charge in [-0.2, -0.15) is 0 Å². The third kappa shape index (κ3) is 33.8. The Morgan fingerprint density at radius 3 is 1.00 bits per heavy atom. The molecule has 0 bridgehead atoms. The number of unbranched alkanes of at least 4 members (excludes halogenated alkanes) is 14. The molecular weight excluding hydrogens is 366 g/mol. The van der Waals surface area contributed by atoms with Crippen molar-refractivity contribution in [2.24, 2.45) is 0 Å². The Bertz CT molecular complexity index is 245. The lowest BCUT2D eigenvalue weighted by atomic mass is 10.1. The average Bonchev–Trinajstić information content (AvgIpc) is 2.59. The van der Waals surface area contributed by atoms with Crippen LogP contribution in [0.25, 0.3) is 0 Å². The number of aliphatic hydroxyl groups excluding tert-OH is 1. The topological polar surface area (TPSA) is 20.2 Å². The maximum absolute atomic E-state index is 8.06. The molecule has 0 aromatic heterocycles. The van der Waals surface area contributed by atoms with Gasteiger partial charge in [0, 0.05) is 6.10 Å². The third-order valence-electron chi connectivity index (χ3n) is 5.23. The summed E-state index contributed by atoms with van der Waals surface area (Å²) >= 11 is 0. The average molecular weight is 422 g/mol. The third-order valence-corrected chi connectivity index (χ3v) is 5.23. The molecule has 2 nitrogen and oxygen atoms in total. The molecule has 0 spiro atoms. The molecule has 0 aromatic carbocycles. The van der Waals surface area contributed by atoms with Crippen molar-refractivity contribution in [2.45, 2.75) is 137 Å². The normalized spacial score (nSPS) is 11.1. The Kier molecular flexibility index (Phi) is 29.6. The highest BCUT2D eigenvalue weighted by Gasteiger charge is 2.13. The number of rotatable bonds is 18. The molecule has 0 saturated heterocycles. The maximum atomic E-state index is 8.06. The summed E-state index contributed by atoms with van der Waals surface area (Å²) in [5.41, 5.74) is 0. The summed E-state index contributed by atoms with van der Waals surface area (Å²) < 4.78 is 1.24. The van der Waals surface area contributed by atoms with Gasteiger partial charge in [-0.3, -0.25) is 0 Å². The second-order valence-electron chi connectivity index (χ2n) is 9.43. The van der Waals surface area contributed by atoms with E-state index in [0.717, 1.165) is 0 Å². The number of quaternary nitrogens is 1. The lowest BCUT2D eigenvalue weighted by molar-refractivity contribution is -0.890. The van der Waals surface area contributed by atoms with Crippen LogP contribution in [0.2, 0.25) is 0 Å². The van der Waals surface area contributed by atoms with E-state index < -0.39 is 0 Å². The van der Waals surface area contributed by atoms with E-state index in [1.54, 1.807) is 13.8 Å². The van der Waals surface area contributed by atoms with Crippen LogP contribution in [-0.2, 0) is 0 Å². The molecule has 1 N–H and O–H groups in total. The Balaban J connectivity index is -0.00000113. The first kappa shape index (κ1) is 32.9. The van der Waals surface area contributed by atoms with Gasteiger partial charge in [0.1, 0.15) is 0 Å². The molecule has 0 aliphatic carbocycles. The lowest BCUT2D eigenvalue weighted by Crippen LogP contribution is -3.00. The minimum absolute atomic E-state index is 0. The Labute approximate surface area is 185 Å². The van der Waals surface area contributed by atoms with Crippen LogP contribution >= 0.6 is 0 Å². The zero-order chi connectivity index (χ0) is 20.8. The summed E-state index contributed by atoms with van der Waals surface area (Å²) in [7, 11) is 4.87. The molecule has 0 atom stereocenters. The zero-order valence-electron chi connectivity index (χ0n) is 20.6. The van der Waals surface area contributed by atoms with Crippen molar-refractivity contribution in [1.29, 1.82) is 0 Å². The number of hydrogen-bond acceptors (Lipinski definition) is 1. The summed E-state index contributed by atoms with van der Waals surface area (Å²) in [5.74, 6) is 0. The predicted molar refractivity (Wildman–Crippen MR) is 124 cm³/mol. The lowest BCUT2D eigenvalue weighted by Gasteiger charge is -2.30. The van der Waals surface area contributed by atoms with Gasteiger partial charge in [-0.1, -0.05) is 90.9 Å². The van der Waals surface area contributed by atoms with E-state index in [2.05, 4.69) is 27.9 Å². The molecule has 0 radical (unpaired) electrons. The number of halogens is 1. The number of aliphatic hydroxyl groups is 1. The van der Waals surface area contributed by atoms with Crippen molar-refractivity contribution in [3.8, 4) is 0 Å². The van der Waals surface area contributed by atoms with Gasteiger partial charge >= 0.3 is 0 Å². The summed E-state index contributed by atoms with van der Waals surface area (Å²) in [6, 6.07) is 0. The van der Waals surface area contributed by atoms with Crippen LogP contribution in [0.4, 0.5) is 0 Å². The number of hydrogen-bond donors (Lipinski definition) is 1. The standard InChI is InChI=1S/C22H48N.C3H8O.ClH/c1-5-7-9-11-13-15-17-19-21-23(3,4)22-20-18-16-14-12-10-8-6-2;1-3(2)4;/h5-22H2,1-4H3;3-4H,1-2H3;1H/q+1;;/p-1. The van der Waals surface area contributed by atoms with Crippen molar-refractivity contribution < 1.29 is 22.0 Å². The molecule has 0 fully saturated rings. The highest BCUT2D eigenvalue weighted by atomic mass is 35.5. The molecule has 174 valence electrons. The van der Waals surface area contributed by atoms with Crippen LogP contribution < -0.4 is 12.4 Å². The molecule has 0 rings (SSSR count). The first-order valence-corrected chi connectivity index (χ1v) is 12.4. The van der Waals surface area contributed by atoms with Gasteiger partial charge in [0.15, 0.2) is 0 Å². The largest absolute Gasteiger partial charge is 1.00 e. The molecule has 0 amide bonds. The van der Waals surface area contributed by atoms with Gasteiger partial charge in [-0.15, -0.1) is 0 Å². The molecule has 0 heterocycles. The number of nitrogens with zero attached hydrogens (tertiary/aromatic N) is 1. The molecule has 28 heavy (non-hydrogen) atoms. The molecular formula is C25H56ClNO. The van der Waals surface area contributed by atoms with Crippen LogP contribution in [0.1, 0.15) is 130 Å². The van der Waals surface area contributed by atoms with E-state index >= 15 is 0 Å². The predicted octanol–water partition coefficient (Wildman–Crippen LogP) is 4.74. The monoisotopic (exact) mass is 421 g/mol. The van der Waals surface area contributed by atoms with Crippen molar-refractivity contribution in [3.63, 3.8) is 0 Å². The van der Waals surface area contributed by atoms with Crippen LogP contribution in [-0.4, -0.2) is 42.9 Å². The van der Waals surface area contributed by atoms with Crippen molar-refractivity contribution in [1.82, 2.24) is 0 Å². The van der Waals surface area contributed by atoms with Crippen molar-refractivity contribution in [2.75, 3.05) is 27.2 Å². The summed E-state index contributed by atoms with van der Waals surface area (Å²) in [4.78, 5) is 0. The Morgan fingerprint density at radius 2 is 0.750 bits per heavy atom.